The molecule has 1 amide bonds. The van der Waals surface area contributed by atoms with Gasteiger partial charge < -0.3 is 26.4 Å². The first-order valence-electron chi connectivity index (χ1n) is 12.2. The Morgan fingerprint density at radius 1 is 1.39 bits per heavy atom. The molecule has 198 valence electrons. The molecule has 0 aliphatic carbocycles. The molecule has 0 bridgehead atoms. The van der Waals surface area contributed by atoms with Crippen LogP contribution in [0.2, 0.25) is 0 Å². The molecule has 2 heterocycles. The first-order chi connectivity index (χ1) is 17.1. The van der Waals surface area contributed by atoms with Crippen LogP contribution in [0.4, 0.5) is 5.69 Å². The van der Waals surface area contributed by atoms with Crippen molar-refractivity contribution < 1.29 is 23.1 Å². The molecular weight excluding hydrogens is 484 g/mol. The highest BCUT2D eigenvalue weighted by Gasteiger charge is 2.39. The summed E-state index contributed by atoms with van der Waals surface area (Å²) >= 11 is 0. The number of fused-ring (bicyclic) bond motifs is 1. The molecule has 0 aromatic heterocycles. The highest BCUT2D eigenvalue weighted by molar-refractivity contribution is 7.89. The number of carbonyl (C=O) groups excluding carboxylic acids is 1. The molecule has 36 heavy (non-hydrogen) atoms. The number of sulfonamides is 1. The zero-order chi connectivity index (χ0) is 26.3. The molecule has 1 aromatic carbocycles. The van der Waals surface area contributed by atoms with Crippen molar-refractivity contribution in [2.75, 3.05) is 25.0 Å². The van der Waals surface area contributed by atoms with Crippen LogP contribution < -0.4 is 21.1 Å². The van der Waals surface area contributed by atoms with Crippen molar-refractivity contribution in [2.45, 2.75) is 61.9 Å². The summed E-state index contributed by atoms with van der Waals surface area (Å²) in [6.07, 6.45) is 5.40. The van der Waals surface area contributed by atoms with Gasteiger partial charge >= 0.3 is 5.97 Å². The van der Waals surface area contributed by atoms with Crippen molar-refractivity contribution >= 4 is 33.5 Å². The van der Waals surface area contributed by atoms with Crippen LogP contribution in [-0.4, -0.2) is 68.0 Å². The molecule has 1 aromatic rings. The second-order valence-corrected chi connectivity index (χ2v) is 11.0. The third-order valence-electron chi connectivity index (χ3n) is 6.69. The molecule has 0 saturated carbocycles. The summed E-state index contributed by atoms with van der Waals surface area (Å²) in [5.41, 5.74) is 6.76. The SMILES string of the molecule is C=CC[C@@H]1CCN(C(=O)[C@H](CCCNC(=N)N)NS(=O)(=O)c2cccc3c2NCCC3)[C@@H](C(=O)O)C1. The lowest BCUT2D eigenvalue weighted by atomic mass is 9.88. The number of carboxylic acids is 1. The molecular formula is C24H36N6O5S. The molecule has 0 unspecified atom stereocenters. The summed E-state index contributed by atoms with van der Waals surface area (Å²) in [5.74, 6) is -1.80. The van der Waals surface area contributed by atoms with Gasteiger partial charge in [0.1, 0.15) is 17.0 Å². The number of aliphatic carboxylic acids is 1. The number of amides is 1. The smallest absolute Gasteiger partial charge is 0.326 e. The van der Waals surface area contributed by atoms with Gasteiger partial charge in [-0.2, -0.15) is 4.72 Å². The van der Waals surface area contributed by atoms with E-state index < -0.39 is 34.0 Å². The number of piperidine rings is 1. The average molecular weight is 521 g/mol. The summed E-state index contributed by atoms with van der Waals surface area (Å²) in [7, 11) is -4.10. The van der Waals surface area contributed by atoms with Crippen molar-refractivity contribution in [3.05, 3.63) is 36.4 Å². The molecule has 7 N–H and O–H groups in total. The summed E-state index contributed by atoms with van der Waals surface area (Å²) < 4.78 is 29.5. The van der Waals surface area contributed by atoms with Gasteiger partial charge in [0.25, 0.3) is 0 Å². The van der Waals surface area contributed by atoms with Crippen molar-refractivity contribution in [3.8, 4) is 0 Å². The Bertz CT molecular complexity index is 1090. The van der Waals surface area contributed by atoms with E-state index in [1.54, 1.807) is 12.1 Å². The van der Waals surface area contributed by atoms with E-state index in [0.717, 1.165) is 18.4 Å². The Morgan fingerprint density at radius 3 is 2.86 bits per heavy atom. The van der Waals surface area contributed by atoms with Crippen LogP contribution in [0.1, 0.15) is 44.1 Å². The van der Waals surface area contributed by atoms with E-state index in [0.29, 0.717) is 31.5 Å². The van der Waals surface area contributed by atoms with Gasteiger partial charge in [-0.1, -0.05) is 18.2 Å². The minimum absolute atomic E-state index is 0.0684. The summed E-state index contributed by atoms with van der Waals surface area (Å²) in [6, 6.07) is 2.85. The number of para-hydroxylation sites is 1. The number of carbonyl (C=O) groups is 2. The Balaban J connectivity index is 1.85. The van der Waals surface area contributed by atoms with Gasteiger partial charge in [-0.05, 0) is 62.5 Å². The molecule has 2 aliphatic rings. The summed E-state index contributed by atoms with van der Waals surface area (Å²) in [5, 5.41) is 22.9. The minimum atomic E-state index is -4.10. The van der Waals surface area contributed by atoms with Gasteiger partial charge in [0.15, 0.2) is 5.96 Å². The van der Waals surface area contributed by atoms with Crippen molar-refractivity contribution in [1.82, 2.24) is 14.9 Å². The number of hydrogen-bond acceptors (Lipinski definition) is 6. The number of nitrogens with two attached hydrogens (primary N) is 1. The average Bonchev–Trinajstić information content (AvgIpc) is 2.85. The predicted octanol–water partition coefficient (Wildman–Crippen LogP) is 1.22. The Labute approximate surface area is 212 Å². The first kappa shape index (κ1) is 27.5. The van der Waals surface area contributed by atoms with Crippen LogP contribution in [0.5, 0.6) is 0 Å². The molecule has 0 radical (unpaired) electrons. The number of guanidine groups is 1. The number of likely N-dealkylation sites (tertiary alicyclic amines) is 1. The van der Waals surface area contributed by atoms with E-state index in [-0.39, 0.29) is 42.7 Å². The van der Waals surface area contributed by atoms with E-state index in [1.165, 1.54) is 11.0 Å². The van der Waals surface area contributed by atoms with Crippen LogP contribution in [-0.2, 0) is 26.0 Å². The number of allylic oxidation sites excluding steroid dienone is 1. The number of aryl methyl sites for hydroxylation is 1. The zero-order valence-electron chi connectivity index (χ0n) is 20.3. The van der Waals surface area contributed by atoms with E-state index >= 15 is 0 Å². The molecule has 3 rings (SSSR count). The lowest BCUT2D eigenvalue weighted by Crippen LogP contribution is -2.56. The standard InChI is InChI=1S/C24H36N6O5S/c1-2-6-16-11-14-30(19(15-16)23(32)33)22(31)18(9-5-13-28-24(25)26)29-36(34,35)20-10-3-7-17-8-4-12-27-21(17)20/h2-3,7,10,16,18-19,27,29H,1,4-6,8-9,11-15H2,(H,32,33)(H4,25,26,28)/t16-,18+,19-/m1/s1. The first-order valence-corrected chi connectivity index (χ1v) is 13.7. The molecule has 2 aliphatic heterocycles. The normalized spacial score (nSPS) is 20.5. The van der Waals surface area contributed by atoms with E-state index in [2.05, 4.69) is 21.9 Å². The highest BCUT2D eigenvalue weighted by Crippen LogP contribution is 2.31. The molecule has 12 heteroatoms. The zero-order valence-corrected chi connectivity index (χ0v) is 21.1. The van der Waals surface area contributed by atoms with E-state index in [4.69, 9.17) is 11.1 Å². The van der Waals surface area contributed by atoms with Gasteiger partial charge in [-0.15, -0.1) is 6.58 Å². The topological polar surface area (TPSA) is 178 Å². The van der Waals surface area contributed by atoms with Crippen LogP contribution >= 0.6 is 0 Å². The third-order valence-corrected chi connectivity index (χ3v) is 8.20. The fourth-order valence-corrected chi connectivity index (χ4v) is 6.35. The molecule has 1 fully saturated rings. The van der Waals surface area contributed by atoms with Crippen LogP contribution in [0.25, 0.3) is 0 Å². The highest BCUT2D eigenvalue weighted by atomic mass is 32.2. The fourth-order valence-electron chi connectivity index (χ4n) is 4.90. The Hall–Kier alpha value is -3.12. The minimum Gasteiger partial charge on any atom is -0.480 e. The van der Waals surface area contributed by atoms with Gasteiger partial charge in [-0.3, -0.25) is 10.2 Å². The number of benzene rings is 1. The number of nitrogens with one attached hydrogen (secondary N) is 4. The van der Waals surface area contributed by atoms with Crippen LogP contribution in [0, 0.1) is 11.3 Å². The van der Waals surface area contributed by atoms with E-state index in [1.807, 2.05) is 6.07 Å². The van der Waals surface area contributed by atoms with Crippen LogP contribution in [0.15, 0.2) is 35.7 Å². The predicted molar refractivity (Wildman–Crippen MR) is 137 cm³/mol. The van der Waals surface area contributed by atoms with Crippen molar-refractivity contribution in [3.63, 3.8) is 0 Å². The maximum atomic E-state index is 13.6. The fraction of sp³-hybridized carbons (Fsp3) is 0.542. The summed E-state index contributed by atoms with van der Waals surface area (Å²) in [6.45, 7) is 4.87. The lowest BCUT2D eigenvalue weighted by molar-refractivity contribution is -0.154. The number of anilines is 1. The quantitative estimate of drug-likeness (QED) is 0.109. The molecule has 0 spiro atoms. The lowest BCUT2D eigenvalue weighted by Gasteiger charge is -2.39. The monoisotopic (exact) mass is 520 g/mol. The van der Waals surface area contributed by atoms with Crippen LogP contribution in [0.3, 0.4) is 0 Å². The van der Waals surface area contributed by atoms with Gasteiger partial charge in [0.05, 0.1) is 5.69 Å². The molecule has 11 nitrogen and oxygen atoms in total. The maximum absolute atomic E-state index is 13.6. The Kier molecular flexibility index (Phi) is 9.32. The molecule has 1 saturated heterocycles. The largest absolute Gasteiger partial charge is 0.480 e. The number of hydrogen-bond donors (Lipinski definition) is 6. The third kappa shape index (κ3) is 6.76. The summed E-state index contributed by atoms with van der Waals surface area (Å²) in [4.78, 5) is 27.0. The Morgan fingerprint density at radius 2 is 2.17 bits per heavy atom. The number of carboxylic acid groups (broad SMARTS) is 1. The van der Waals surface area contributed by atoms with E-state index in [9.17, 15) is 23.1 Å². The maximum Gasteiger partial charge on any atom is 0.326 e. The number of nitrogens with zero attached hydrogens (tertiary/aromatic N) is 1. The second-order valence-electron chi connectivity index (χ2n) is 9.28. The van der Waals surface area contributed by atoms with Crippen molar-refractivity contribution in [1.29, 1.82) is 5.41 Å². The van der Waals surface area contributed by atoms with Gasteiger partial charge in [0.2, 0.25) is 15.9 Å². The molecule has 3 atom stereocenters. The second kappa shape index (κ2) is 12.2. The van der Waals surface area contributed by atoms with Crippen molar-refractivity contribution in [2.24, 2.45) is 11.7 Å². The number of rotatable bonds is 11. The van der Waals surface area contributed by atoms with Gasteiger partial charge in [0, 0.05) is 19.6 Å². The van der Waals surface area contributed by atoms with Gasteiger partial charge in [-0.25, -0.2) is 13.2 Å².